The Morgan fingerprint density at radius 1 is 1.15 bits per heavy atom. The first kappa shape index (κ1) is 16.1. The molecule has 0 atom stereocenters. The third-order valence-electron chi connectivity index (χ3n) is 4.18. The van der Waals surface area contributed by atoms with E-state index >= 15 is 0 Å². The Bertz CT molecular complexity index is 1180. The molecule has 2 heterocycles. The quantitative estimate of drug-likeness (QED) is 0.567. The maximum absolute atomic E-state index is 13.7. The minimum Gasteiger partial charge on any atom is -0.337 e. The molecule has 0 amide bonds. The van der Waals surface area contributed by atoms with E-state index in [1.165, 1.54) is 17.0 Å². The van der Waals surface area contributed by atoms with Gasteiger partial charge in [-0.05, 0) is 37.6 Å². The summed E-state index contributed by atoms with van der Waals surface area (Å²) in [5.41, 5.74) is 2.50. The Morgan fingerprint density at radius 3 is 2.81 bits per heavy atom. The van der Waals surface area contributed by atoms with Crippen molar-refractivity contribution >= 4 is 10.9 Å². The first-order valence-electron chi connectivity index (χ1n) is 8.06. The van der Waals surface area contributed by atoms with Gasteiger partial charge in [0.2, 0.25) is 11.7 Å². The van der Waals surface area contributed by atoms with Gasteiger partial charge in [0.05, 0.1) is 17.2 Å². The summed E-state index contributed by atoms with van der Waals surface area (Å²) in [5, 5.41) is 4.41. The molecule has 26 heavy (non-hydrogen) atoms. The van der Waals surface area contributed by atoms with Gasteiger partial charge in [-0.3, -0.25) is 9.36 Å². The summed E-state index contributed by atoms with van der Waals surface area (Å²) in [6.45, 7) is 3.69. The lowest BCUT2D eigenvalue weighted by Gasteiger charge is -2.04. The van der Waals surface area contributed by atoms with Gasteiger partial charge in [-0.25, -0.2) is 9.37 Å². The summed E-state index contributed by atoms with van der Waals surface area (Å²) in [5.74, 6) is 0.188. The molecule has 0 radical (unpaired) electrons. The van der Waals surface area contributed by atoms with Crippen LogP contribution < -0.4 is 5.56 Å². The highest BCUT2D eigenvalue weighted by Gasteiger charge is 2.12. The van der Waals surface area contributed by atoms with Crippen molar-refractivity contribution in [3.8, 4) is 11.4 Å². The SMILES string of the molecule is Cc1ccc2ncn(Cc3nc(-c4ccc(C)c(F)c4)no3)c(=O)c2c1. The first-order valence-corrected chi connectivity index (χ1v) is 8.06. The Balaban J connectivity index is 1.67. The number of halogens is 1. The van der Waals surface area contributed by atoms with Gasteiger partial charge in [0.1, 0.15) is 12.4 Å². The molecule has 0 saturated heterocycles. The summed E-state index contributed by atoms with van der Waals surface area (Å²) in [4.78, 5) is 21.2. The molecule has 0 spiro atoms. The number of hydrogen-bond donors (Lipinski definition) is 0. The highest BCUT2D eigenvalue weighted by Crippen LogP contribution is 2.19. The van der Waals surface area contributed by atoms with Crippen molar-refractivity contribution in [2.45, 2.75) is 20.4 Å². The lowest BCUT2D eigenvalue weighted by molar-refractivity contribution is 0.369. The first-order chi connectivity index (χ1) is 12.5. The van der Waals surface area contributed by atoms with E-state index in [9.17, 15) is 9.18 Å². The number of aryl methyl sites for hydroxylation is 2. The van der Waals surface area contributed by atoms with Crippen LogP contribution in [0.15, 0.2) is 52.0 Å². The zero-order valence-electron chi connectivity index (χ0n) is 14.2. The molecule has 2 aromatic carbocycles. The fourth-order valence-electron chi connectivity index (χ4n) is 2.70. The Labute approximate surface area is 147 Å². The fraction of sp³-hybridized carbons (Fsp3) is 0.158. The minimum absolute atomic E-state index is 0.0943. The van der Waals surface area contributed by atoms with Crippen molar-refractivity contribution in [3.05, 3.63) is 75.9 Å². The molecule has 0 bridgehead atoms. The molecule has 0 aliphatic rings. The summed E-state index contributed by atoms with van der Waals surface area (Å²) < 4.78 is 20.3. The average Bonchev–Trinajstić information content (AvgIpc) is 3.09. The van der Waals surface area contributed by atoms with Crippen molar-refractivity contribution in [1.82, 2.24) is 19.7 Å². The number of nitrogens with zero attached hydrogens (tertiary/aromatic N) is 4. The van der Waals surface area contributed by atoms with Crippen LogP contribution in [0.5, 0.6) is 0 Å². The summed E-state index contributed by atoms with van der Waals surface area (Å²) in [7, 11) is 0. The highest BCUT2D eigenvalue weighted by atomic mass is 19.1. The summed E-state index contributed by atoms with van der Waals surface area (Å²) in [6, 6.07) is 10.3. The molecule has 4 aromatic rings. The smallest absolute Gasteiger partial charge is 0.261 e. The van der Waals surface area contributed by atoms with Gasteiger partial charge in [0, 0.05) is 5.56 Å². The van der Waals surface area contributed by atoms with E-state index < -0.39 is 0 Å². The third kappa shape index (κ3) is 2.88. The van der Waals surface area contributed by atoms with Gasteiger partial charge in [0.15, 0.2) is 0 Å². The van der Waals surface area contributed by atoms with E-state index in [0.29, 0.717) is 22.0 Å². The molecule has 0 aliphatic carbocycles. The van der Waals surface area contributed by atoms with Crippen molar-refractivity contribution in [3.63, 3.8) is 0 Å². The van der Waals surface area contributed by atoms with E-state index in [-0.39, 0.29) is 29.6 Å². The second kappa shape index (κ2) is 6.18. The molecule has 130 valence electrons. The lowest BCUT2D eigenvalue weighted by Crippen LogP contribution is -2.21. The molecule has 2 aromatic heterocycles. The van der Waals surface area contributed by atoms with Gasteiger partial charge in [-0.15, -0.1) is 0 Å². The lowest BCUT2D eigenvalue weighted by atomic mass is 10.1. The standard InChI is InChI=1S/C19H15FN4O2/c1-11-3-6-16-14(7-11)19(25)24(10-21-16)9-17-22-18(23-26-17)13-5-4-12(2)15(20)8-13/h3-8,10H,9H2,1-2H3. The van der Waals surface area contributed by atoms with Gasteiger partial charge in [-0.1, -0.05) is 28.9 Å². The highest BCUT2D eigenvalue weighted by molar-refractivity contribution is 5.77. The molecular weight excluding hydrogens is 335 g/mol. The van der Waals surface area contributed by atoms with Gasteiger partial charge in [0.25, 0.3) is 5.56 Å². The third-order valence-corrected chi connectivity index (χ3v) is 4.18. The second-order valence-corrected chi connectivity index (χ2v) is 6.17. The predicted molar refractivity (Wildman–Crippen MR) is 94.3 cm³/mol. The Morgan fingerprint density at radius 2 is 2.00 bits per heavy atom. The summed E-state index contributed by atoms with van der Waals surface area (Å²) >= 11 is 0. The molecule has 0 saturated carbocycles. The molecular formula is C19H15FN4O2. The Hall–Kier alpha value is -3.35. The number of fused-ring (bicyclic) bond motifs is 1. The van der Waals surface area contributed by atoms with E-state index in [1.807, 2.05) is 19.1 Å². The Kier molecular flexibility index (Phi) is 3.84. The van der Waals surface area contributed by atoms with Crippen LogP contribution in [0.1, 0.15) is 17.0 Å². The van der Waals surface area contributed by atoms with Crippen LogP contribution in [0.2, 0.25) is 0 Å². The molecule has 0 unspecified atom stereocenters. The molecule has 6 nitrogen and oxygen atoms in total. The topological polar surface area (TPSA) is 73.8 Å². The zero-order valence-corrected chi connectivity index (χ0v) is 14.2. The number of aromatic nitrogens is 4. The maximum Gasteiger partial charge on any atom is 0.261 e. The zero-order chi connectivity index (χ0) is 18.3. The van der Waals surface area contributed by atoms with E-state index in [2.05, 4.69) is 15.1 Å². The van der Waals surface area contributed by atoms with Crippen molar-refractivity contribution in [2.24, 2.45) is 0 Å². The van der Waals surface area contributed by atoms with E-state index in [0.717, 1.165) is 5.56 Å². The van der Waals surface area contributed by atoms with Crippen molar-refractivity contribution in [2.75, 3.05) is 0 Å². The second-order valence-electron chi connectivity index (χ2n) is 6.17. The summed E-state index contributed by atoms with van der Waals surface area (Å²) in [6.07, 6.45) is 1.45. The average molecular weight is 350 g/mol. The normalized spacial score (nSPS) is 11.2. The predicted octanol–water partition coefficient (Wildman–Crippen LogP) is 3.25. The maximum atomic E-state index is 13.7. The van der Waals surface area contributed by atoms with Gasteiger partial charge < -0.3 is 4.52 Å². The van der Waals surface area contributed by atoms with Crippen LogP contribution in [0.3, 0.4) is 0 Å². The van der Waals surface area contributed by atoms with Crippen LogP contribution >= 0.6 is 0 Å². The fourth-order valence-corrected chi connectivity index (χ4v) is 2.70. The van der Waals surface area contributed by atoms with Crippen molar-refractivity contribution < 1.29 is 8.91 Å². The van der Waals surface area contributed by atoms with Crippen LogP contribution in [-0.2, 0) is 6.54 Å². The van der Waals surface area contributed by atoms with E-state index in [4.69, 9.17) is 4.52 Å². The minimum atomic E-state index is -0.334. The van der Waals surface area contributed by atoms with Crippen molar-refractivity contribution in [1.29, 1.82) is 0 Å². The molecule has 0 aliphatic heterocycles. The van der Waals surface area contributed by atoms with Crippen LogP contribution in [-0.4, -0.2) is 19.7 Å². The number of hydrogen-bond acceptors (Lipinski definition) is 5. The molecule has 4 rings (SSSR count). The van der Waals surface area contributed by atoms with Gasteiger partial charge in [-0.2, -0.15) is 4.98 Å². The van der Waals surface area contributed by atoms with Crippen LogP contribution in [0.25, 0.3) is 22.3 Å². The number of benzene rings is 2. The monoisotopic (exact) mass is 350 g/mol. The molecule has 0 fully saturated rings. The number of rotatable bonds is 3. The van der Waals surface area contributed by atoms with Gasteiger partial charge >= 0.3 is 0 Å². The molecule has 0 N–H and O–H groups in total. The molecule has 7 heteroatoms. The van der Waals surface area contributed by atoms with Crippen LogP contribution in [0, 0.1) is 19.7 Å². The van der Waals surface area contributed by atoms with E-state index in [1.54, 1.807) is 25.1 Å². The van der Waals surface area contributed by atoms with Crippen LogP contribution in [0.4, 0.5) is 4.39 Å². The largest absolute Gasteiger partial charge is 0.337 e.